The third kappa shape index (κ3) is 5.22. The number of amides is 1. The number of aromatic nitrogens is 2. The molecule has 3 aromatic rings. The molecule has 7 nitrogen and oxygen atoms in total. The first kappa shape index (κ1) is 20.1. The van der Waals surface area contributed by atoms with Crippen LogP contribution in [0, 0.1) is 13.8 Å². The van der Waals surface area contributed by atoms with E-state index in [-0.39, 0.29) is 6.61 Å². The van der Waals surface area contributed by atoms with E-state index in [0.717, 1.165) is 11.3 Å². The highest BCUT2D eigenvalue weighted by Gasteiger charge is 2.15. The maximum atomic E-state index is 12.3. The zero-order valence-corrected chi connectivity index (χ0v) is 16.6. The Morgan fingerprint density at radius 2 is 1.83 bits per heavy atom. The van der Waals surface area contributed by atoms with Crippen molar-refractivity contribution in [1.82, 2.24) is 9.78 Å². The van der Waals surface area contributed by atoms with Gasteiger partial charge in [-0.2, -0.15) is 5.10 Å². The van der Waals surface area contributed by atoms with Crippen LogP contribution in [-0.2, 0) is 23.2 Å². The average Bonchev–Trinajstić information content (AvgIpc) is 2.97. The Morgan fingerprint density at radius 1 is 1.07 bits per heavy atom. The SMILES string of the molecule is Cc1nn(C)c(C)c1NC(=O)COC(=O)c1cccc(OCc2ccccc2)c1. The molecule has 1 heterocycles. The van der Waals surface area contributed by atoms with Crippen LogP contribution in [-0.4, -0.2) is 28.3 Å². The maximum absolute atomic E-state index is 12.3. The van der Waals surface area contributed by atoms with Gasteiger partial charge in [-0.05, 0) is 37.6 Å². The molecule has 0 radical (unpaired) electrons. The Kier molecular flexibility index (Phi) is 6.29. The fourth-order valence-electron chi connectivity index (χ4n) is 2.80. The number of nitrogens with zero attached hydrogens (tertiary/aromatic N) is 2. The average molecular weight is 393 g/mol. The van der Waals surface area contributed by atoms with Gasteiger partial charge in [0.05, 0.1) is 22.6 Å². The summed E-state index contributed by atoms with van der Waals surface area (Å²) in [5.74, 6) is -0.465. The molecular formula is C22H23N3O4. The van der Waals surface area contributed by atoms with E-state index in [1.54, 1.807) is 42.9 Å². The van der Waals surface area contributed by atoms with Crippen molar-refractivity contribution in [2.24, 2.45) is 7.05 Å². The molecule has 0 unspecified atom stereocenters. The van der Waals surface area contributed by atoms with Crippen molar-refractivity contribution < 1.29 is 19.1 Å². The summed E-state index contributed by atoms with van der Waals surface area (Å²) >= 11 is 0. The third-order valence-electron chi connectivity index (χ3n) is 4.43. The van der Waals surface area contributed by atoms with Crippen LogP contribution in [0.2, 0.25) is 0 Å². The van der Waals surface area contributed by atoms with Gasteiger partial charge in [-0.15, -0.1) is 0 Å². The number of aryl methyl sites for hydroxylation is 2. The summed E-state index contributed by atoms with van der Waals surface area (Å²) in [5.41, 5.74) is 3.50. The molecule has 29 heavy (non-hydrogen) atoms. The van der Waals surface area contributed by atoms with Crippen LogP contribution < -0.4 is 10.1 Å². The minimum absolute atomic E-state index is 0.317. The highest BCUT2D eigenvalue weighted by atomic mass is 16.5. The van der Waals surface area contributed by atoms with Crippen molar-refractivity contribution in [2.45, 2.75) is 20.5 Å². The highest BCUT2D eigenvalue weighted by Crippen LogP contribution is 2.18. The van der Waals surface area contributed by atoms with Crippen molar-refractivity contribution in [1.29, 1.82) is 0 Å². The number of nitrogens with one attached hydrogen (secondary N) is 1. The minimum atomic E-state index is -0.593. The Hall–Kier alpha value is -3.61. The monoisotopic (exact) mass is 393 g/mol. The predicted octanol–water partition coefficient (Wildman–Crippen LogP) is 3.41. The normalized spacial score (nSPS) is 10.4. The third-order valence-corrected chi connectivity index (χ3v) is 4.43. The Bertz CT molecular complexity index is 1010. The van der Waals surface area contributed by atoms with Crippen LogP contribution in [0.15, 0.2) is 54.6 Å². The first-order valence-corrected chi connectivity index (χ1v) is 9.18. The Balaban J connectivity index is 1.54. The number of benzene rings is 2. The number of anilines is 1. The summed E-state index contributed by atoms with van der Waals surface area (Å²) in [5, 5.41) is 6.97. The van der Waals surface area contributed by atoms with E-state index in [1.165, 1.54) is 0 Å². The van der Waals surface area contributed by atoms with Gasteiger partial charge in [0.25, 0.3) is 5.91 Å². The van der Waals surface area contributed by atoms with E-state index < -0.39 is 11.9 Å². The second-order valence-electron chi connectivity index (χ2n) is 6.60. The molecule has 2 aromatic carbocycles. The molecule has 0 aliphatic carbocycles. The van der Waals surface area contributed by atoms with Gasteiger partial charge in [0.1, 0.15) is 12.4 Å². The van der Waals surface area contributed by atoms with Crippen LogP contribution >= 0.6 is 0 Å². The molecule has 0 saturated carbocycles. The van der Waals surface area contributed by atoms with Gasteiger partial charge in [-0.3, -0.25) is 9.48 Å². The van der Waals surface area contributed by atoms with Crippen LogP contribution in [0.5, 0.6) is 5.75 Å². The summed E-state index contributed by atoms with van der Waals surface area (Å²) in [6.45, 7) is 3.66. The van der Waals surface area contributed by atoms with Gasteiger partial charge in [0.2, 0.25) is 0 Å². The van der Waals surface area contributed by atoms with Crippen LogP contribution in [0.4, 0.5) is 5.69 Å². The number of carbonyl (C=O) groups excluding carboxylic acids is 2. The zero-order chi connectivity index (χ0) is 20.8. The molecule has 1 aromatic heterocycles. The molecule has 0 fully saturated rings. The molecule has 150 valence electrons. The van der Waals surface area contributed by atoms with E-state index in [1.807, 2.05) is 37.3 Å². The molecule has 7 heteroatoms. The lowest BCUT2D eigenvalue weighted by Gasteiger charge is -2.09. The fraction of sp³-hybridized carbons (Fsp3) is 0.227. The topological polar surface area (TPSA) is 82.5 Å². The smallest absolute Gasteiger partial charge is 0.338 e. The fourth-order valence-corrected chi connectivity index (χ4v) is 2.80. The molecule has 0 saturated heterocycles. The van der Waals surface area contributed by atoms with Crippen molar-refractivity contribution in [3.8, 4) is 5.75 Å². The van der Waals surface area contributed by atoms with Gasteiger partial charge >= 0.3 is 5.97 Å². The van der Waals surface area contributed by atoms with E-state index >= 15 is 0 Å². The number of hydrogen-bond donors (Lipinski definition) is 1. The van der Waals surface area contributed by atoms with E-state index in [2.05, 4.69) is 10.4 Å². The summed E-state index contributed by atoms with van der Waals surface area (Å²) in [6, 6.07) is 16.4. The summed E-state index contributed by atoms with van der Waals surface area (Å²) in [4.78, 5) is 24.4. The van der Waals surface area contributed by atoms with Gasteiger partial charge in [-0.1, -0.05) is 36.4 Å². The first-order valence-electron chi connectivity index (χ1n) is 9.18. The van der Waals surface area contributed by atoms with E-state index in [9.17, 15) is 9.59 Å². The number of rotatable bonds is 7. The zero-order valence-electron chi connectivity index (χ0n) is 16.6. The predicted molar refractivity (Wildman–Crippen MR) is 109 cm³/mol. The molecule has 1 N–H and O–H groups in total. The Morgan fingerprint density at radius 3 is 2.52 bits per heavy atom. The molecule has 0 atom stereocenters. The first-order chi connectivity index (χ1) is 13.9. The molecule has 0 aliphatic rings. The molecule has 1 amide bonds. The molecular weight excluding hydrogens is 370 g/mol. The lowest BCUT2D eigenvalue weighted by molar-refractivity contribution is -0.119. The molecule has 3 rings (SSSR count). The van der Waals surface area contributed by atoms with Crippen LogP contribution in [0.3, 0.4) is 0 Å². The lowest BCUT2D eigenvalue weighted by atomic mass is 10.2. The van der Waals surface area contributed by atoms with Gasteiger partial charge in [0, 0.05) is 7.05 Å². The largest absolute Gasteiger partial charge is 0.489 e. The molecule has 0 aliphatic heterocycles. The lowest BCUT2D eigenvalue weighted by Crippen LogP contribution is -2.21. The van der Waals surface area contributed by atoms with Crippen LogP contribution in [0.1, 0.15) is 27.3 Å². The van der Waals surface area contributed by atoms with Crippen molar-refractivity contribution >= 4 is 17.6 Å². The highest BCUT2D eigenvalue weighted by molar-refractivity contribution is 5.96. The van der Waals surface area contributed by atoms with Gasteiger partial charge < -0.3 is 14.8 Å². The Labute approximate surface area is 169 Å². The van der Waals surface area contributed by atoms with Crippen molar-refractivity contribution in [3.63, 3.8) is 0 Å². The minimum Gasteiger partial charge on any atom is -0.489 e. The van der Waals surface area contributed by atoms with E-state index in [0.29, 0.717) is 29.3 Å². The van der Waals surface area contributed by atoms with Gasteiger partial charge in [-0.25, -0.2) is 4.79 Å². The number of carbonyl (C=O) groups is 2. The second-order valence-corrected chi connectivity index (χ2v) is 6.60. The van der Waals surface area contributed by atoms with Crippen molar-refractivity contribution in [2.75, 3.05) is 11.9 Å². The number of ether oxygens (including phenoxy) is 2. The van der Waals surface area contributed by atoms with E-state index in [4.69, 9.17) is 9.47 Å². The molecule has 0 bridgehead atoms. The quantitative estimate of drug-likeness (QED) is 0.622. The summed E-state index contributed by atoms with van der Waals surface area (Å²) < 4.78 is 12.5. The second kappa shape index (κ2) is 9.05. The number of hydrogen-bond acceptors (Lipinski definition) is 5. The number of esters is 1. The van der Waals surface area contributed by atoms with Gasteiger partial charge in [0.15, 0.2) is 6.61 Å². The molecule has 0 spiro atoms. The van der Waals surface area contributed by atoms with Crippen LogP contribution in [0.25, 0.3) is 0 Å². The summed E-state index contributed by atoms with van der Waals surface area (Å²) in [6.07, 6.45) is 0. The standard InChI is InChI=1S/C22H23N3O4/c1-15-21(16(2)25(3)24-15)23-20(26)14-29-22(27)18-10-7-11-19(12-18)28-13-17-8-5-4-6-9-17/h4-12H,13-14H2,1-3H3,(H,23,26). The summed E-state index contributed by atoms with van der Waals surface area (Å²) in [7, 11) is 1.80. The van der Waals surface area contributed by atoms with Crippen molar-refractivity contribution in [3.05, 3.63) is 77.1 Å². The maximum Gasteiger partial charge on any atom is 0.338 e.